The molecule has 2 heteroatoms. The molecule has 1 N–H and O–H groups in total. The first kappa shape index (κ1) is 13.0. The molecule has 1 atom stereocenters. The monoisotopic (exact) mass is 220 g/mol. The molecule has 2 nitrogen and oxygen atoms in total. The van der Waals surface area contributed by atoms with Crippen molar-refractivity contribution in [3.05, 3.63) is 29.8 Å². The molecule has 0 radical (unpaired) electrons. The van der Waals surface area contributed by atoms with Crippen molar-refractivity contribution < 1.29 is 0 Å². The maximum Gasteiger partial charge on any atom is 0.0366 e. The van der Waals surface area contributed by atoms with E-state index in [0.29, 0.717) is 12.0 Å². The van der Waals surface area contributed by atoms with Crippen molar-refractivity contribution in [2.24, 2.45) is 5.92 Å². The minimum atomic E-state index is 0.565. The summed E-state index contributed by atoms with van der Waals surface area (Å²) in [6, 6.07) is 9.34. The highest BCUT2D eigenvalue weighted by Gasteiger charge is 2.13. The molecule has 16 heavy (non-hydrogen) atoms. The molecule has 1 rings (SSSR count). The van der Waals surface area contributed by atoms with E-state index in [-0.39, 0.29) is 0 Å². The summed E-state index contributed by atoms with van der Waals surface area (Å²) in [6.45, 7) is 7.73. The van der Waals surface area contributed by atoms with Gasteiger partial charge in [-0.3, -0.25) is 0 Å². The Bertz CT molecular complexity index is 303. The Balaban J connectivity index is 2.73. The fraction of sp³-hybridized carbons (Fsp3) is 0.571. The van der Waals surface area contributed by atoms with Crippen molar-refractivity contribution in [2.75, 3.05) is 19.0 Å². The molecule has 90 valence electrons. The lowest BCUT2D eigenvalue weighted by Gasteiger charge is -2.30. The lowest BCUT2D eigenvalue weighted by Crippen LogP contribution is -2.33. The van der Waals surface area contributed by atoms with Gasteiger partial charge in [0, 0.05) is 25.3 Å². The van der Waals surface area contributed by atoms with E-state index < -0.39 is 0 Å². The summed E-state index contributed by atoms with van der Waals surface area (Å²) in [5, 5.41) is 3.16. The zero-order chi connectivity index (χ0) is 12.1. The van der Waals surface area contributed by atoms with Crippen LogP contribution >= 0.6 is 0 Å². The van der Waals surface area contributed by atoms with Gasteiger partial charge in [0.05, 0.1) is 0 Å². The van der Waals surface area contributed by atoms with Crippen LogP contribution in [0.5, 0.6) is 0 Å². The Morgan fingerprint density at radius 1 is 1.12 bits per heavy atom. The topological polar surface area (TPSA) is 15.3 Å². The molecule has 0 bridgehead atoms. The van der Waals surface area contributed by atoms with Crippen LogP contribution in [0.25, 0.3) is 0 Å². The normalized spacial score (nSPS) is 12.9. The van der Waals surface area contributed by atoms with E-state index in [2.05, 4.69) is 62.3 Å². The van der Waals surface area contributed by atoms with Crippen LogP contribution < -0.4 is 10.2 Å². The van der Waals surface area contributed by atoms with Gasteiger partial charge in [-0.2, -0.15) is 0 Å². The second-order valence-electron chi connectivity index (χ2n) is 4.79. The third-order valence-electron chi connectivity index (χ3n) is 3.30. The van der Waals surface area contributed by atoms with Gasteiger partial charge in [-0.25, -0.2) is 0 Å². The minimum absolute atomic E-state index is 0.565. The van der Waals surface area contributed by atoms with Gasteiger partial charge in [0.2, 0.25) is 0 Å². The summed E-state index contributed by atoms with van der Waals surface area (Å²) in [6.07, 6.45) is 0. The highest BCUT2D eigenvalue weighted by molar-refractivity contribution is 5.47. The molecular weight excluding hydrogens is 196 g/mol. The second kappa shape index (κ2) is 5.90. The van der Waals surface area contributed by atoms with E-state index in [1.807, 2.05) is 7.05 Å². The third-order valence-corrected chi connectivity index (χ3v) is 3.30. The van der Waals surface area contributed by atoms with Crippen LogP contribution in [0.1, 0.15) is 26.3 Å². The maximum absolute atomic E-state index is 3.16. The van der Waals surface area contributed by atoms with Crippen molar-refractivity contribution in [2.45, 2.75) is 33.4 Å². The lowest BCUT2D eigenvalue weighted by atomic mass is 10.0. The summed E-state index contributed by atoms with van der Waals surface area (Å²) in [4.78, 5) is 2.34. The van der Waals surface area contributed by atoms with Crippen molar-refractivity contribution in [3.63, 3.8) is 0 Å². The van der Waals surface area contributed by atoms with E-state index in [1.54, 1.807) is 0 Å². The lowest BCUT2D eigenvalue weighted by molar-refractivity contribution is 0.505. The molecule has 0 aliphatic heterocycles. The molecule has 0 fully saturated rings. The molecule has 0 aliphatic rings. The first-order chi connectivity index (χ1) is 7.56. The average Bonchev–Trinajstić information content (AvgIpc) is 2.28. The van der Waals surface area contributed by atoms with Crippen LogP contribution in [-0.4, -0.2) is 20.1 Å². The van der Waals surface area contributed by atoms with Gasteiger partial charge in [-0.1, -0.05) is 26.0 Å². The summed E-state index contributed by atoms with van der Waals surface area (Å²) in [5.41, 5.74) is 2.62. The summed E-state index contributed by atoms with van der Waals surface area (Å²) < 4.78 is 0. The molecule has 0 aromatic heterocycles. The maximum atomic E-state index is 3.16. The van der Waals surface area contributed by atoms with Crippen LogP contribution in [-0.2, 0) is 6.54 Å². The number of nitrogens with one attached hydrogen (secondary N) is 1. The van der Waals surface area contributed by atoms with Gasteiger partial charge >= 0.3 is 0 Å². The SMILES string of the molecule is CNCc1ccc(N(C)C(C)C(C)C)cc1. The van der Waals surface area contributed by atoms with Crippen LogP contribution in [0.4, 0.5) is 5.69 Å². The fourth-order valence-electron chi connectivity index (χ4n) is 1.74. The number of hydrogen-bond acceptors (Lipinski definition) is 2. The van der Waals surface area contributed by atoms with Crippen LogP contribution in [0, 0.1) is 5.92 Å². The van der Waals surface area contributed by atoms with Gasteiger partial charge in [-0.15, -0.1) is 0 Å². The van der Waals surface area contributed by atoms with E-state index in [4.69, 9.17) is 0 Å². The van der Waals surface area contributed by atoms with Crippen molar-refractivity contribution in [3.8, 4) is 0 Å². The molecule has 0 saturated heterocycles. The third kappa shape index (κ3) is 3.24. The summed E-state index contributed by atoms with van der Waals surface area (Å²) in [5.74, 6) is 0.669. The number of benzene rings is 1. The highest BCUT2D eigenvalue weighted by atomic mass is 15.1. The quantitative estimate of drug-likeness (QED) is 0.821. The molecule has 0 spiro atoms. The Kier molecular flexibility index (Phi) is 4.81. The molecule has 0 amide bonds. The van der Waals surface area contributed by atoms with Crippen LogP contribution in [0.2, 0.25) is 0 Å². The minimum Gasteiger partial charge on any atom is -0.372 e. The largest absolute Gasteiger partial charge is 0.372 e. The highest BCUT2D eigenvalue weighted by Crippen LogP contribution is 2.19. The van der Waals surface area contributed by atoms with Crippen molar-refractivity contribution in [1.82, 2.24) is 5.32 Å². The molecular formula is C14H24N2. The van der Waals surface area contributed by atoms with Gasteiger partial charge in [-0.05, 0) is 37.6 Å². The van der Waals surface area contributed by atoms with Gasteiger partial charge in [0.25, 0.3) is 0 Å². The fourth-order valence-corrected chi connectivity index (χ4v) is 1.74. The van der Waals surface area contributed by atoms with Crippen LogP contribution in [0.3, 0.4) is 0 Å². The smallest absolute Gasteiger partial charge is 0.0366 e. The first-order valence-corrected chi connectivity index (χ1v) is 6.02. The predicted molar refractivity (Wildman–Crippen MR) is 71.9 cm³/mol. The molecule has 0 aliphatic carbocycles. The van der Waals surface area contributed by atoms with E-state index >= 15 is 0 Å². The van der Waals surface area contributed by atoms with Crippen LogP contribution in [0.15, 0.2) is 24.3 Å². The van der Waals surface area contributed by atoms with E-state index in [9.17, 15) is 0 Å². The Morgan fingerprint density at radius 2 is 1.69 bits per heavy atom. The van der Waals surface area contributed by atoms with Gasteiger partial charge in [0.1, 0.15) is 0 Å². The zero-order valence-corrected chi connectivity index (χ0v) is 11.1. The molecule has 1 aromatic rings. The zero-order valence-electron chi connectivity index (χ0n) is 11.1. The molecule has 0 heterocycles. The molecule has 1 unspecified atom stereocenters. The summed E-state index contributed by atoms with van der Waals surface area (Å²) >= 11 is 0. The van der Waals surface area contributed by atoms with Gasteiger partial charge in [0.15, 0.2) is 0 Å². The number of anilines is 1. The van der Waals surface area contributed by atoms with Crippen molar-refractivity contribution >= 4 is 5.69 Å². The predicted octanol–water partition coefficient (Wildman–Crippen LogP) is 2.89. The number of nitrogens with zero attached hydrogens (tertiary/aromatic N) is 1. The second-order valence-corrected chi connectivity index (χ2v) is 4.79. The van der Waals surface area contributed by atoms with Gasteiger partial charge < -0.3 is 10.2 Å². The first-order valence-electron chi connectivity index (χ1n) is 6.02. The number of hydrogen-bond donors (Lipinski definition) is 1. The molecule has 1 aromatic carbocycles. The van der Waals surface area contributed by atoms with E-state index in [1.165, 1.54) is 11.3 Å². The average molecular weight is 220 g/mol. The number of rotatable bonds is 5. The Hall–Kier alpha value is -1.02. The standard InChI is InChI=1S/C14H24N2/c1-11(2)12(3)16(5)14-8-6-13(7-9-14)10-15-4/h6-9,11-12,15H,10H2,1-5H3. The summed E-state index contributed by atoms with van der Waals surface area (Å²) in [7, 11) is 4.14. The molecule has 0 saturated carbocycles. The van der Waals surface area contributed by atoms with E-state index in [0.717, 1.165) is 6.54 Å². The Labute approximate surface area is 99.7 Å². The van der Waals surface area contributed by atoms with Crippen molar-refractivity contribution in [1.29, 1.82) is 0 Å². The Morgan fingerprint density at radius 3 is 2.12 bits per heavy atom.